The van der Waals surface area contributed by atoms with Crippen LogP contribution in [0.1, 0.15) is 31.4 Å². The van der Waals surface area contributed by atoms with Crippen molar-refractivity contribution in [2.24, 2.45) is 0 Å². The molecule has 2 amide bonds. The number of fused-ring (bicyclic) bond motifs is 1. The number of unbranched alkanes of at least 4 members (excludes halogenated alkanes) is 1. The first-order chi connectivity index (χ1) is 16.5. The van der Waals surface area contributed by atoms with Crippen LogP contribution >= 0.6 is 27.5 Å². The SMILES string of the molecule is C[C@@H](NC(=O)NCCCCNc1cc(-c2ccccc2Cl)nc2c(Br)cnn12)c1ccccc1. The molecule has 3 N–H and O–H groups in total. The maximum Gasteiger partial charge on any atom is 0.315 e. The number of anilines is 1. The smallest absolute Gasteiger partial charge is 0.315 e. The summed E-state index contributed by atoms with van der Waals surface area (Å²) in [5.41, 5.74) is 3.42. The number of amides is 2. The fourth-order valence-electron chi connectivity index (χ4n) is 3.61. The molecule has 0 spiro atoms. The number of hydrogen-bond donors (Lipinski definition) is 3. The highest BCUT2D eigenvalue weighted by atomic mass is 79.9. The minimum absolute atomic E-state index is 0.0438. The predicted octanol–water partition coefficient (Wildman–Crippen LogP) is 6.06. The summed E-state index contributed by atoms with van der Waals surface area (Å²) in [4.78, 5) is 16.9. The molecule has 0 bridgehead atoms. The molecule has 1 atom stereocenters. The summed E-state index contributed by atoms with van der Waals surface area (Å²) in [5.74, 6) is 0.827. The van der Waals surface area contributed by atoms with E-state index in [1.165, 1.54) is 0 Å². The number of urea groups is 1. The number of nitrogens with one attached hydrogen (secondary N) is 3. The van der Waals surface area contributed by atoms with Crippen molar-refractivity contribution in [3.63, 3.8) is 0 Å². The van der Waals surface area contributed by atoms with Crippen molar-refractivity contribution in [2.75, 3.05) is 18.4 Å². The Bertz CT molecular complexity index is 1260. The van der Waals surface area contributed by atoms with Crippen molar-refractivity contribution in [3.8, 4) is 11.3 Å². The van der Waals surface area contributed by atoms with Gasteiger partial charge < -0.3 is 16.0 Å². The van der Waals surface area contributed by atoms with Gasteiger partial charge in [-0.3, -0.25) is 0 Å². The minimum atomic E-state index is -0.161. The summed E-state index contributed by atoms with van der Waals surface area (Å²) < 4.78 is 2.57. The first-order valence-electron chi connectivity index (χ1n) is 11.2. The molecule has 0 fully saturated rings. The number of carbonyl (C=O) groups excluding carboxylic acids is 1. The van der Waals surface area contributed by atoms with Gasteiger partial charge in [0.05, 0.1) is 22.4 Å². The average Bonchev–Trinajstić information content (AvgIpc) is 3.22. The lowest BCUT2D eigenvalue weighted by atomic mass is 10.1. The Labute approximate surface area is 212 Å². The number of aromatic nitrogens is 3. The number of benzene rings is 2. The highest BCUT2D eigenvalue weighted by Crippen LogP contribution is 2.30. The topological polar surface area (TPSA) is 83.4 Å². The van der Waals surface area contributed by atoms with Crippen LogP contribution in [0.4, 0.5) is 10.6 Å². The summed E-state index contributed by atoms with van der Waals surface area (Å²) in [5, 5.41) is 14.4. The highest BCUT2D eigenvalue weighted by Gasteiger charge is 2.13. The van der Waals surface area contributed by atoms with Gasteiger partial charge >= 0.3 is 6.03 Å². The number of hydrogen-bond acceptors (Lipinski definition) is 4. The second-order valence-electron chi connectivity index (χ2n) is 7.90. The van der Waals surface area contributed by atoms with Crippen LogP contribution in [0, 0.1) is 0 Å². The standard InChI is InChI=1S/C25H26BrClN6O/c1-17(18-9-3-2-4-10-18)31-25(34)29-14-8-7-13-28-23-15-22(19-11-5-6-12-21(19)27)32-24-20(26)16-30-33(23)24/h2-6,9-12,15-17,28H,7-8,13-14H2,1H3,(H2,29,31,34)/t17-/m1/s1. The zero-order valence-electron chi connectivity index (χ0n) is 18.8. The molecule has 0 aliphatic rings. The van der Waals surface area contributed by atoms with Crippen LogP contribution in [0.5, 0.6) is 0 Å². The van der Waals surface area contributed by atoms with E-state index in [4.69, 9.17) is 16.6 Å². The Kier molecular flexibility index (Phi) is 8.03. The van der Waals surface area contributed by atoms with Crippen LogP contribution in [0.25, 0.3) is 16.9 Å². The molecule has 0 radical (unpaired) electrons. The van der Waals surface area contributed by atoms with Crippen molar-refractivity contribution in [1.29, 1.82) is 0 Å². The Morgan fingerprint density at radius 2 is 1.82 bits per heavy atom. The molecule has 2 aromatic carbocycles. The minimum Gasteiger partial charge on any atom is -0.370 e. The van der Waals surface area contributed by atoms with E-state index in [9.17, 15) is 4.79 Å². The van der Waals surface area contributed by atoms with E-state index in [1.807, 2.05) is 67.6 Å². The van der Waals surface area contributed by atoms with Crippen LogP contribution < -0.4 is 16.0 Å². The Morgan fingerprint density at radius 1 is 1.09 bits per heavy atom. The summed E-state index contributed by atoms with van der Waals surface area (Å²) >= 11 is 9.92. The molecule has 4 aromatic rings. The maximum absolute atomic E-state index is 12.2. The van der Waals surface area contributed by atoms with Gasteiger partial charge in [-0.25, -0.2) is 9.78 Å². The molecule has 0 saturated heterocycles. The lowest BCUT2D eigenvalue weighted by molar-refractivity contribution is 0.237. The van der Waals surface area contributed by atoms with E-state index in [2.05, 4.69) is 37.0 Å². The van der Waals surface area contributed by atoms with E-state index in [-0.39, 0.29) is 12.1 Å². The highest BCUT2D eigenvalue weighted by molar-refractivity contribution is 9.10. The normalized spacial score (nSPS) is 11.9. The predicted molar refractivity (Wildman–Crippen MR) is 140 cm³/mol. The fourth-order valence-corrected chi connectivity index (χ4v) is 4.19. The fraction of sp³-hybridized carbons (Fsp3) is 0.240. The van der Waals surface area contributed by atoms with Crippen LogP contribution in [0.15, 0.2) is 71.3 Å². The maximum atomic E-state index is 12.2. The number of halogens is 2. The van der Waals surface area contributed by atoms with Gasteiger partial charge in [-0.05, 0) is 47.3 Å². The molecule has 0 saturated carbocycles. The molecular formula is C25H26BrClN6O. The summed E-state index contributed by atoms with van der Waals surface area (Å²) in [6.45, 7) is 3.29. The van der Waals surface area contributed by atoms with E-state index < -0.39 is 0 Å². The molecule has 0 unspecified atom stereocenters. The lowest BCUT2D eigenvalue weighted by Gasteiger charge is -2.15. The van der Waals surface area contributed by atoms with E-state index in [1.54, 1.807) is 10.7 Å². The molecule has 0 aliphatic heterocycles. The van der Waals surface area contributed by atoms with Crippen LogP contribution in [-0.4, -0.2) is 33.7 Å². The summed E-state index contributed by atoms with van der Waals surface area (Å²) in [6.07, 6.45) is 3.44. The third-order valence-electron chi connectivity index (χ3n) is 5.42. The second kappa shape index (κ2) is 11.4. The molecule has 2 aromatic heterocycles. The van der Waals surface area contributed by atoms with Crippen LogP contribution in [0.2, 0.25) is 5.02 Å². The molecule has 9 heteroatoms. The van der Waals surface area contributed by atoms with Gasteiger partial charge in [0.25, 0.3) is 0 Å². The van der Waals surface area contributed by atoms with Gasteiger partial charge in [0.1, 0.15) is 5.82 Å². The van der Waals surface area contributed by atoms with Crippen molar-refractivity contribution in [2.45, 2.75) is 25.8 Å². The Morgan fingerprint density at radius 3 is 2.62 bits per heavy atom. The van der Waals surface area contributed by atoms with E-state index in [0.717, 1.165) is 46.5 Å². The van der Waals surface area contributed by atoms with Gasteiger partial charge in [0.15, 0.2) is 5.65 Å². The Hall–Kier alpha value is -3.10. The van der Waals surface area contributed by atoms with Crippen LogP contribution in [0.3, 0.4) is 0 Å². The summed E-state index contributed by atoms with van der Waals surface area (Å²) in [7, 11) is 0. The molecule has 7 nitrogen and oxygen atoms in total. The van der Waals surface area contributed by atoms with Crippen molar-refractivity contribution < 1.29 is 4.79 Å². The van der Waals surface area contributed by atoms with Gasteiger partial charge in [-0.1, -0.05) is 60.1 Å². The van der Waals surface area contributed by atoms with Gasteiger partial charge in [-0.15, -0.1) is 0 Å². The molecule has 34 heavy (non-hydrogen) atoms. The Balaban J connectivity index is 1.29. The zero-order valence-corrected chi connectivity index (χ0v) is 21.1. The molecule has 4 rings (SSSR count). The monoisotopic (exact) mass is 540 g/mol. The molecule has 176 valence electrons. The molecular weight excluding hydrogens is 516 g/mol. The van der Waals surface area contributed by atoms with Gasteiger partial charge in [0, 0.05) is 29.7 Å². The van der Waals surface area contributed by atoms with E-state index >= 15 is 0 Å². The first-order valence-corrected chi connectivity index (χ1v) is 12.3. The van der Waals surface area contributed by atoms with Crippen molar-refractivity contribution in [1.82, 2.24) is 25.2 Å². The number of rotatable bonds is 9. The van der Waals surface area contributed by atoms with Crippen LogP contribution in [-0.2, 0) is 0 Å². The van der Waals surface area contributed by atoms with Gasteiger partial charge in [-0.2, -0.15) is 9.61 Å². The zero-order chi connectivity index (χ0) is 23.9. The largest absolute Gasteiger partial charge is 0.370 e. The van der Waals surface area contributed by atoms with Crippen molar-refractivity contribution in [3.05, 3.63) is 81.9 Å². The second-order valence-corrected chi connectivity index (χ2v) is 9.16. The lowest BCUT2D eigenvalue weighted by Crippen LogP contribution is -2.37. The first kappa shape index (κ1) is 24.0. The van der Waals surface area contributed by atoms with Gasteiger partial charge in [0.2, 0.25) is 0 Å². The summed E-state index contributed by atoms with van der Waals surface area (Å²) in [6, 6.07) is 19.3. The number of nitrogens with zero attached hydrogens (tertiary/aromatic N) is 3. The quantitative estimate of drug-likeness (QED) is 0.225. The van der Waals surface area contributed by atoms with E-state index in [0.29, 0.717) is 17.2 Å². The third-order valence-corrected chi connectivity index (χ3v) is 6.31. The molecule has 2 heterocycles. The van der Waals surface area contributed by atoms with Crippen molar-refractivity contribution >= 4 is 45.0 Å². The number of carbonyl (C=O) groups is 1. The average molecular weight is 542 g/mol. The third kappa shape index (κ3) is 5.87. The molecule has 0 aliphatic carbocycles.